The lowest BCUT2D eigenvalue weighted by molar-refractivity contribution is 0.114. The van der Waals surface area contributed by atoms with E-state index in [0.717, 1.165) is 18.4 Å². The predicted octanol–water partition coefficient (Wildman–Crippen LogP) is 2.35. The standard InChI is InChI=1S/C20H26N2O5S2/c1-2-22(16-17-7-4-3-5-8-17)29(25,26)20-12-10-19(11-13-20)28(23,24)21-15-18-9-6-14-27-18/h3-5,7-8,10-13,18,21H,2,6,9,14-16H2,1H3. The summed E-state index contributed by atoms with van der Waals surface area (Å²) in [5.74, 6) is 0. The van der Waals surface area contributed by atoms with Crippen molar-refractivity contribution in [1.29, 1.82) is 0 Å². The van der Waals surface area contributed by atoms with Crippen molar-refractivity contribution in [3.05, 3.63) is 60.2 Å². The Hall–Kier alpha value is -1.78. The van der Waals surface area contributed by atoms with Gasteiger partial charge in [0.15, 0.2) is 0 Å². The van der Waals surface area contributed by atoms with Gasteiger partial charge in [0, 0.05) is 26.2 Å². The molecule has 1 aliphatic rings. The third-order valence-electron chi connectivity index (χ3n) is 4.85. The minimum Gasteiger partial charge on any atom is -0.377 e. The molecule has 1 N–H and O–H groups in total. The Morgan fingerprint density at radius 2 is 1.66 bits per heavy atom. The maximum absolute atomic E-state index is 13.0. The molecule has 9 heteroatoms. The molecule has 0 aliphatic carbocycles. The first-order chi connectivity index (χ1) is 13.8. The summed E-state index contributed by atoms with van der Waals surface area (Å²) in [7, 11) is -7.46. The molecule has 0 saturated carbocycles. The summed E-state index contributed by atoms with van der Waals surface area (Å²) in [6.45, 7) is 3.19. The fourth-order valence-corrected chi connectivity index (χ4v) is 5.69. The van der Waals surface area contributed by atoms with Gasteiger partial charge in [-0.05, 0) is 42.7 Å². The van der Waals surface area contributed by atoms with Gasteiger partial charge in [-0.25, -0.2) is 21.6 Å². The van der Waals surface area contributed by atoms with Crippen molar-refractivity contribution in [2.24, 2.45) is 0 Å². The number of sulfonamides is 2. The number of nitrogens with one attached hydrogen (secondary N) is 1. The summed E-state index contributed by atoms with van der Waals surface area (Å²) in [6, 6.07) is 14.6. The van der Waals surface area contributed by atoms with Gasteiger partial charge in [0.1, 0.15) is 0 Å². The highest BCUT2D eigenvalue weighted by Gasteiger charge is 2.25. The third-order valence-corrected chi connectivity index (χ3v) is 8.23. The number of rotatable bonds is 9. The van der Waals surface area contributed by atoms with Crippen LogP contribution in [0.15, 0.2) is 64.4 Å². The second kappa shape index (κ2) is 9.36. The highest BCUT2D eigenvalue weighted by molar-refractivity contribution is 7.89. The summed E-state index contributed by atoms with van der Waals surface area (Å²) in [6.07, 6.45) is 1.64. The molecule has 1 atom stereocenters. The van der Waals surface area contributed by atoms with Crippen LogP contribution in [-0.2, 0) is 31.3 Å². The molecule has 1 heterocycles. The van der Waals surface area contributed by atoms with Gasteiger partial charge < -0.3 is 4.74 Å². The van der Waals surface area contributed by atoms with E-state index in [0.29, 0.717) is 13.2 Å². The number of hydrogen-bond acceptors (Lipinski definition) is 5. The minimum absolute atomic E-state index is 0.0283. The van der Waals surface area contributed by atoms with Crippen molar-refractivity contribution in [3.8, 4) is 0 Å². The van der Waals surface area contributed by atoms with Crippen molar-refractivity contribution in [2.75, 3.05) is 19.7 Å². The zero-order chi connectivity index (χ0) is 20.9. The summed E-state index contributed by atoms with van der Waals surface area (Å²) in [4.78, 5) is 0.0916. The van der Waals surface area contributed by atoms with Crippen molar-refractivity contribution < 1.29 is 21.6 Å². The molecule has 1 fully saturated rings. The predicted molar refractivity (Wildman–Crippen MR) is 110 cm³/mol. The van der Waals surface area contributed by atoms with E-state index in [-0.39, 0.29) is 29.0 Å². The van der Waals surface area contributed by atoms with Gasteiger partial charge in [0.05, 0.1) is 15.9 Å². The first kappa shape index (κ1) is 21.9. The molecule has 158 valence electrons. The first-order valence-electron chi connectivity index (χ1n) is 9.58. The van der Waals surface area contributed by atoms with Crippen LogP contribution in [0.1, 0.15) is 25.3 Å². The lowest BCUT2D eigenvalue weighted by Crippen LogP contribution is -2.32. The van der Waals surface area contributed by atoms with Gasteiger partial charge in [-0.15, -0.1) is 0 Å². The molecule has 0 amide bonds. The second-order valence-electron chi connectivity index (χ2n) is 6.88. The van der Waals surface area contributed by atoms with Gasteiger partial charge in [-0.2, -0.15) is 4.31 Å². The fraction of sp³-hybridized carbons (Fsp3) is 0.400. The minimum atomic E-state index is -3.74. The molecule has 29 heavy (non-hydrogen) atoms. The molecule has 1 saturated heterocycles. The zero-order valence-electron chi connectivity index (χ0n) is 16.3. The lowest BCUT2D eigenvalue weighted by Gasteiger charge is -2.21. The molecular formula is C20H26N2O5S2. The fourth-order valence-electron chi connectivity index (χ4n) is 3.18. The average molecular weight is 439 g/mol. The van der Waals surface area contributed by atoms with Crippen LogP contribution in [0, 0.1) is 0 Å². The summed E-state index contributed by atoms with van der Waals surface area (Å²) >= 11 is 0. The maximum Gasteiger partial charge on any atom is 0.243 e. The first-order valence-corrected chi connectivity index (χ1v) is 12.5. The molecule has 1 aliphatic heterocycles. The Morgan fingerprint density at radius 3 is 2.24 bits per heavy atom. The Labute approximate surface area is 172 Å². The largest absolute Gasteiger partial charge is 0.377 e. The van der Waals surface area contributed by atoms with Crippen LogP contribution >= 0.6 is 0 Å². The van der Waals surface area contributed by atoms with E-state index in [1.807, 2.05) is 30.3 Å². The number of ether oxygens (including phenoxy) is 1. The quantitative estimate of drug-likeness (QED) is 0.649. The molecule has 7 nitrogen and oxygen atoms in total. The van der Waals surface area contributed by atoms with Gasteiger partial charge >= 0.3 is 0 Å². The van der Waals surface area contributed by atoms with E-state index in [4.69, 9.17) is 4.74 Å². The van der Waals surface area contributed by atoms with Crippen LogP contribution in [-0.4, -0.2) is 46.9 Å². The number of benzene rings is 2. The monoisotopic (exact) mass is 438 g/mol. The van der Waals surface area contributed by atoms with Crippen LogP contribution in [0.4, 0.5) is 0 Å². The van der Waals surface area contributed by atoms with E-state index >= 15 is 0 Å². The van der Waals surface area contributed by atoms with Gasteiger partial charge in [-0.1, -0.05) is 37.3 Å². The molecule has 0 radical (unpaired) electrons. The molecule has 3 rings (SSSR count). The Balaban J connectivity index is 1.73. The topological polar surface area (TPSA) is 92.8 Å². The van der Waals surface area contributed by atoms with Gasteiger partial charge in [0.2, 0.25) is 20.0 Å². The summed E-state index contributed by atoms with van der Waals surface area (Å²) in [5, 5.41) is 0. The molecule has 1 unspecified atom stereocenters. The van der Waals surface area contributed by atoms with Crippen molar-refractivity contribution >= 4 is 20.0 Å². The van der Waals surface area contributed by atoms with E-state index < -0.39 is 20.0 Å². The van der Waals surface area contributed by atoms with Crippen molar-refractivity contribution in [2.45, 2.75) is 42.2 Å². The molecule has 2 aromatic carbocycles. The smallest absolute Gasteiger partial charge is 0.243 e. The molecule has 2 aromatic rings. The Kier molecular flexibility index (Phi) is 7.07. The maximum atomic E-state index is 13.0. The second-order valence-corrected chi connectivity index (χ2v) is 10.6. The third kappa shape index (κ3) is 5.43. The summed E-state index contributed by atoms with van der Waals surface area (Å²) in [5.41, 5.74) is 0.885. The normalized spacial score (nSPS) is 17.7. The van der Waals surface area contributed by atoms with Crippen molar-refractivity contribution in [3.63, 3.8) is 0 Å². The van der Waals surface area contributed by atoms with Gasteiger partial charge in [-0.3, -0.25) is 0 Å². The molecule has 0 bridgehead atoms. The van der Waals surface area contributed by atoms with Crippen LogP contribution in [0.5, 0.6) is 0 Å². The van der Waals surface area contributed by atoms with Gasteiger partial charge in [0.25, 0.3) is 0 Å². The van der Waals surface area contributed by atoms with E-state index in [9.17, 15) is 16.8 Å². The van der Waals surface area contributed by atoms with E-state index in [1.165, 1.54) is 28.6 Å². The van der Waals surface area contributed by atoms with E-state index in [2.05, 4.69) is 4.72 Å². The van der Waals surface area contributed by atoms with E-state index in [1.54, 1.807) is 6.92 Å². The average Bonchev–Trinajstić information content (AvgIpc) is 3.25. The van der Waals surface area contributed by atoms with Crippen LogP contribution in [0.3, 0.4) is 0 Å². The van der Waals surface area contributed by atoms with Crippen LogP contribution < -0.4 is 4.72 Å². The zero-order valence-corrected chi connectivity index (χ0v) is 18.0. The molecule has 0 aromatic heterocycles. The highest BCUT2D eigenvalue weighted by atomic mass is 32.2. The number of nitrogens with zero attached hydrogens (tertiary/aromatic N) is 1. The summed E-state index contributed by atoms with van der Waals surface area (Å²) < 4.78 is 60.2. The number of hydrogen-bond donors (Lipinski definition) is 1. The molecular weight excluding hydrogens is 412 g/mol. The Bertz CT molecular complexity index is 1000. The highest BCUT2D eigenvalue weighted by Crippen LogP contribution is 2.21. The lowest BCUT2D eigenvalue weighted by atomic mass is 10.2. The SMILES string of the molecule is CCN(Cc1ccccc1)S(=O)(=O)c1ccc(S(=O)(=O)NCC2CCCO2)cc1. The van der Waals surface area contributed by atoms with Crippen LogP contribution in [0.2, 0.25) is 0 Å². The molecule has 0 spiro atoms. The van der Waals surface area contributed by atoms with Crippen LogP contribution in [0.25, 0.3) is 0 Å². The Morgan fingerprint density at radius 1 is 1.00 bits per heavy atom. The van der Waals surface area contributed by atoms with Crippen molar-refractivity contribution in [1.82, 2.24) is 9.03 Å².